The molecule has 7 heteroatoms. The second kappa shape index (κ2) is 13.6. The van der Waals surface area contributed by atoms with Crippen molar-refractivity contribution in [1.29, 1.82) is 0 Å². The van der Waals surface area contributed by atoms with Crippen molar-refractivity contribution in [3.05, 3.63) is 98.2 Å². The maximum atomic E-state index is 14.1. The van der Waals surface area contributed by atoms with Crippen LogP contribution in [0.15, 0.2) is 53.3 Å². The molecule has 1 fully saturated rings. The van der Waals surface area contributed by atoms with Crippen LogP contribution in [0.25, 0.3) is 0 Å². The molecule has 2 aliphatic rings. The molecule has 1 aliphatic heterocycles. The molecule has 0 radical (unpaired) electrons. The van der Waals surface area contributed by atoms with Gasteiger partial charge in [0.15, 0.2) is 12.0 Å². The van der Waals surface area contributed by atoms with Gasteiger partial charge in [0.1, 0.15) is 23.7 Å². The van der Waals surface area contributed by atoms with Gasteiger partial charge in [-0.25, -0.2) is 4.39 Å². The molecule has 1 spiro atoms. The first-order valence-electron chi connectivity index (χ1n) is 14.8. The van der Waals surface area contributed by atoms with Crippen molar-refractivity contribution in [2.24, 2.45) is 5.92 Å². The summed E-state index contributed by atoms with van der Waals surface area (Å²) in [5.41, 5.74) is 3.40. The Morgan fingerprint density at radius 3 is 2.59 bits per heavy atom. The molecule has 2 atom stereocenters. The number of aryl methyl sites for hydroxylation is 1. The first-order valence-corrected chi connectivity index (χ1v) is 14.8. The van der Waals surface area contributed by atoms with Crippen LogP contribution < -0.4 is 10.2 Å². The summed E-state index contributed by atoms with van der Waals surface area (Å²) in [6.45, 7) is 10.2. The molecule has 3 aromatic rings. The summed E-state index contributed by atoms with van der Waals surface area (Å²) in [5, 5.41) is 0. The van der Waals surface area contributed by atoms with Crippen LogP contribution in [0.1, 0.15) is 84.9 Å². The van der Waals surface area contributed by atoms with Gasteiger partial charge >= 0.3 is 0 Å². The second-order valence-corrected chi connectivity index (χ2v) is 11.1. The number of likely N-dealkylation sites (N-methyl/N-ethyl adjacent to an activating group) is 1. The van der Waals surface area contributed by atoms with E-state index in [-0.39, 0.29) is 35.2 Å². The molecule has 41 heavy (non-hydrogen) atoms. The highest BCUT2D eigenvalue weighted by Crippen LogP contribution is 2.49. The predicted molar refractivity (Wildman–Crippen MR) is 160 cm³/mol. The summed E-state index contributed by atoms with van der Waals surface area (Å²) < 4.78 is 28.3. The summed E-state index contributed by atoms with van der Waals surface area (Å²) in [6.07, 6.45) is 4.64. The number of carbonyl (C=O) groups is 1. The van der Waals surface area contributed by atoms with E-state index >= 15 is 0 Å². The molecule has 6 nitrogen and oxygen atoms in total. The number of halogens is 1. The lowest BCUT2D eigenvalue weighted by Gasteiger charge is -2.39. The average Bonchev–Trinajstić information content (AvgIpc) is 3.37. The van der Waals surface area contributed by atoms with Crippen molar-refractivity contribution >= 4 is 6.29 Å². The molecule has 1 aliphatic carbocycles. The lowest BCUT2D eigenvalue weighted by molar-refractivity contribution is -0.1000. The molecule has 0 N–H and O–H groups in total. The van der Waals surface area contributed by atoms with E-state index in [2.05, 4.69) is 11.8 Å². The van der Waals surface area contributed by atoms with Gasteiger partial charge in [0.05, 0.1) is 17.9 Å². The van der Waals surface area contributed by atoms with Crippen LogP contribution in [-0.2, 0) is 36.6 Å². The third kappa shape index (κ3) is 6.31. The predicted octanol–water partition coefficient (Wildman–Crippen LogP) is 6.78. The molecular formula is C34H43FN2O4. The van der Waals surface area contributed by atoms with Crippen molar-refractivity contribution in [2.75, 3.05) is 13.6 Å². The number of hydrogen-bond acceptors (Lipinski definition) is 5. The molecule has 220 valence electrons. The number of carbonyl (C=O) groups excluding carboxylic acids is 1. The Labute approximate surface area is 243 Å². The Hall–Kier alpha value is -3.29. The first kappa shape index (κ1) is 30.7. The third-order valence-electron chi connectivity index (χ3n) is 8.41. The highest BCUT2D eigenvalue weighted by atomic mass is 19.1. The maximum absolute atomic E-state index is 14.1. The monoisotopic (exact) mass is 562 g/mol. The highest BCUT2D eigenvalue weighted by molar-refractivity contribution is 5.77. The Kier molecular flexibility index (Phi) is 10.2. The van der Waals surface area contributed by atoms with Gasteiger partial charge in [0.25, 0.3) is 0 Å². The lowest BCUT2D eigenvalue weighted by atomic mass is 9.72. The van der Waals surface area contributed by atoms with Crippen molar-refractivity contribution in [2.45, 2.75) is 85.3 Å². The highest BCUT2D eigenvalue weighted by Gasteiger charge is 2.49. The molecular weight excluding hydrogens is 519 g/mol. The summed E-state index contributed by atoms with van der Waals surface area (Å²) in [6, 6.07) is 14.8. The van der Waals surface area contributed by atoms with Crippen LogP contribution in [0.4, 0.5) is 4.39 Å². The van der Waals surface area contributed by atoms with Gasteiger partial charge in [-0.15, -0.1) is 0 Å². The summed E-state index contributed by atoms with van der Waals surface area (Å²) in [5.74, 6) is 0.0870. The van der Waals surface area contributed by atoms with Gasteiger partial charge in [-0.3, -0.25) is 9.59 Å². The summed E-state index contributed by atoms with van der Waals surface area (Å²) >= 11 is 0. The van der Waals surface area contributed by atoms with Crippen LogP contribution >= 0.6 is 0 Å². The molecule has 2 heterocycles. The van der Waals surface area contributed by atoms with Gasteiger partial charge in [0, 0.05) is 19.6 Å². The number of ether oxygens (including phenoxy) is 2. The van der Waals surface area contributed by atoms with Crippen molar-refractivity contribution in [3.8, 4) is 5.75 Å². The van der Waals surface area contributed by atoms with Gasteiger partial charge in [-0.2, -0.15) is 0 Å². The minimum atomic E-state index is -0.643. The maximum Gasteiger partial charge on any atom is 0.230 e. The van der Waals surface area contributed by atoms with E-state index in [1.165, 1.54) is 6.07 Å². The molecule has 1 saturated carbocycles. The fraction of sp³-hybridized carbons (Fsp3) is 0.471. The normalized spacial score (nSPS) is 19.5. The minimum Gasteiger partial charge on any atom is -0.483 e. The largest absolute Gasteiger partial charge is 0.483 e. The van der Waals surface area contributed by atoms with Gasteiger partial charge < -0.3 is 18.9 Å². The van der Waals surface area contributed by atoms with Crippen LogP contribution in [0.2, 0.25) is 0 Å². The molecule has 0 amide bonds. The summed E-state index contributed by atoms with van der Waals surface area (Å²) in [4.78, 5) is 28.7. The van der Waals surface area contributed by atoms with E-state index < -0.39 is 5.60 Å². The van der Waals surface area contributed by atoms with E-state index in [0.29, 0.717) is 37.4 Å². The topological polar surface area (TPSA) is 60.8 Å². The number of pyridine rings is 1. The van der Waals surface area contributed by atoms with Gasteiger partial charge in [-0.05, 0) is 55.5 Å². The van der Waals surface area contributed by atoms with Crippen LogP contribution in [0.3, 0.4) is 0 Å². The van der Waals surface area contributed by atoms with E-state index in [9.17, 15) is 14.0 Å². The third-order valence-corrected chi connectivity index (χ3v) is 8.41. The zero-order valence-corrected chi connectivity index (χ0v) is 25.0. The number of hydrogen-bond donors (Lipinski definition) is 0. The number of benzene rings is 2. The number of aromatic nitrogens is 1. The molecule has 1 aromatic heterocycles. The molecule has 2 unspecified atom stereocenters. The quantitative estimate of drug-likeness (QED) is 0.269. The fourth-order valence-corrected chi connectivity index (χ4v) is 6.23. The number of nitrogens with zero attached hydrogens (tertiary/aromatic N) is 2. The zero-order chi connectivity index (χ0) is 29.6. The fourth-order valence-electron chi connectivity index (χ4n) is 6.23. The Bertz CT molecular complexity index is 1400. The van der Waals surface area contributed by atoms with Gasteiger partial charge in [-0.1, -0.05) is 76.1 Å². The first-order chi connectivity index (χ1) is 19.8. The lowest BCUT2D eigenvalue weighted by Crippen LogP contribution is -2.40. The number of rotatable bonds is 9. The van der Waals surface area contributed by atoms with Crippen molar-refractivity contribution < 1.29 is 18.7 Å². The summed E-state index contributed by atoms with van der Waals surface area (Å²) in [7, 11) is 2.00. The molecule has 0 saturated heterocycles. The molecule has 0 bridgehead atoms. The SMILES string of the molecule is CC.Cc1cc(CN(C)CCn2c(C=O)c(OCc3ccccc3)c(=O)c3c2COC32CCCCC2C)ccc1F. The van der Waals surface area contributed by atoms with Crippen LogP contribution in [-0.4, -0.2) is 29.3 Å². The Morgan fingerprint density at radius 1 is 1.15 bits per heavy atom. The van der Waals surface area contributed by atoms with Crippen molar-refractivity contribution in [1.82, 2.24) is 9.47 Å². The Balaban J connectivity index is 0.00000189. The minimum absolute atomic E-state index is 0.104. The molecule has 2 aromatic carbocycles. The standard InChI is InChI=1S/C32H37FN2O4.C2H6/c1-22-17-25(12-13-26(22)33)18-34(3)15-16-35-27(19-36)31(38-20-24-10-5-4-6-11-24)30(37)29-28(35)21-39-32(29)14-8-7-9-23(32)2;1-2/h4-6,10-13,17,19,23H,7-9,14-16,18,20-21H2,1-3H3;1-2H3. The number of aldehydes is 1. The van der Waals surface area contributed by atoms with Crippen molar-refractivity contribution in [3.63, 3.8) is 0 Å². The van der Waals surface area contributed by atoms with E-state index in [1.807, 2.05) is 61.9 Å². The zero-order valence-electron chi connectivity index (χ0n) is 25.0. The van der Waals surface area contributed by atoms with Gasteiger partial charge in [0.2, 0.25) is 5.43 Å². The number of fused-ring (bicyclic) bond motifs is 2. The van der Waals surface area contributed by atoms with E-state index in [1.54, 1.807) is 13.0 Å². The van der Waals surface area contributed by atoms with E-state index in [4.69, 9.17) is 9.47 Å². The second-order valence-electron chi connectivity index (χ2n) is 11.1. The molecule has 5 rings (SSSR count). The van der Waals surface area contributed by atoms with Crippen LogP contribution in [0, 0.1) is 18.7 Å². The van der Waals surface area contributed by atoms with Crippen LogP contribution in [0.5, 0.6) is 5.75 Å². The smallest absolute Gasteiger partial charge is 0.230 e. The average molecular weight is 563 g/mol. The Morgan fingerprint density at radius 2 is 1.90 bits per heavy atom. The van der Waals surface area contributed by atoms with E-state index in [0.717, 1.165) is 48.8 Å².